The van der Waals surface area contributed by atoms with Gasteiger partial charge in [-0.3, -0.25) is 5.10 Å². The fourth-order valence-corrected chi connectivity index (χ4v) is 1.29. The molecule has 0 saturated carbocycles. The number of rotatable bonds is 2. The summed E-state index contributed by atoms with van der Waals surface area (Å²) >= 11 is 0. The van der Waals surface area contributed by atoms with Gasteiger partial charge in [0.15, 0.2) is 0 Å². The average Bonchev–Trinajstić information content (AvgIpc) is 2.53. The molecular formula is C10H12ClN3. The molecule has 1 aromatic carbocycles. The molecule has 1 heterocycles. The summed E-state index contributed by atoms with van der Waals surface area (Å²) in [5, 5.41) is 6.74. The number of aromatic amines is 1. The standard InChI is InChI=1S/C10H11N3.ClH/c11-10-7-9(12-13-10)6-8-4-2-1-3-5-8;/h1-5,7H,6H2,(H3,11,12,13);1H. The summed E-state index contributed by atoms with van der Waals surface area (Å²) in [7, 11) is 0. The minimum Gasteiger partial charge on any atom is -0.382 e. The van der Waals surface area contributed by atoms with E-state index in [2.05, 4.69) is 22.3 Å². The van der Waals surface area contributed by atoms with E-state index in [1.54, 1.807) is 0 Å². The summed E-state index contributed by atoms with van der Waals surface area (Å²) in [5.74, 6) is 0.547. The molecule has 2 rings (SSSR count). The molecule has 3 N–H and O–H groups in total. The number of nitrogens with one attached hydrogen (secondary N) is 1. The van der Waals surface area contributed by atoms with Crippen LogP contribution in [0.25, 0.3) is 0 Å². The lowest BCUT2D eigenvalue weighted by molar-refractivity contribution is 1.000. The van der Waals surface area contributed by atoms with Crippen LogP contribution in [-0.4, -0.2) is 10.2 Å². The third kappa shape index (κ3) is 2.50. The van der Waals surface area contributed by atoms with Gasteiger partial charge in [0.2, 0.25) is 0 Å². The molecule has 0 bridgehead atoms. The minimum absolute atomic E-state index is 0. The van der Waals surface area contributed by atoms with E-state index in [4.69, 9.17) is 5.73 Å². The maximum Gasteiger partial charge on any atom is 0.145 e. The Morgan fingerprint density at radius 3 is 2.50 bits per heavy atom. The predicted octanol–water partition coefficient (Wildman–Crippen LogP) is 2.00. The van der Waals surface area contributed by atoms with Crippen molar-refractivity contribution < 1.29 is 0 Å². The lowest BCUT2D eigenvalue weighted by atomic mass is 10.1. The number of anilines is 1. The molecule has 0 aliphatic heterocycles. The maximum absolute atomic E-state index is 5.49. The number of hydrogen-bond donors (Lipinski definition) is 2. The van der Waals surface area contributed by atoms with Crippen LogP contribution in [0, 0.1) is 0 Å². The second kappa shape index (κ2) is 4.67. The van der Waals surface area contributed by atoms with Gasteiger partial charge in [-0.2, -0.15) is 5.10 Å². The van der Waals surface area contributed by atoms with Crippen molar-refractivity contribution in [2.24, 2.45) is 0 Å². The van der Waals surface area contributed by atoms with Crippen molar-refractivity contribution in [3.05, 3.63) is 47.7 Å². The van der Waals surface area contributed by atoms with E-state index in [0.29, 0.717) is 5.82 Å². The van der Waals surface area contributed by atoms with Crippen LogP contribution in [0.3, 0.4) is 0 Å². The second-order valence-corrected chi connectivity index (χ2v) is 2.98. The first-order valence-corrected chi connectivity index (χ1v) is 4.18. The topological polar surface area (TPSA) is 54.7 Å². The Labute approximate surface area is 88.7 Å². The number of hydrogen-bond acceptors (Lipinski definition) is 2. The molecule has 0 fully saturated rings. The molecule has 0 spiro atoms. The largest absolute Gasteiger partial charge is 0.382 e. The van der Waals surface area contributed by atoms with Crippen LogP contribution in [-0.2, 0) is 6.42 Å². The van der Waals surface area contributed by atoms with Gasteiger partial charge in [-0.15, -0.1) is 12.4 Å². The summed E-state index contributed by atoms with van der Waals surface area (Å²) in [5.41, 5.74) is 7.79. The Kier molecular flexibility index (Phi) is 3.54. The van der Waals surface area contributed by atoms with Gasteiger partial charge in [0.05, 0.1) is 0 Å². The molecule has 0 amide bonds. The zero-order chi connectivity index (χ0) is 9.10. The van der Waals surface area contributed by atoms with E-state index in [1.165, 1.54) is 5.56 Å². The second-order valence-electron chi connectivity index (χ2n) is 2.98. The van der Waals surface area contributed by atoms with Gasteiger partial charge in [-0.05, 0) is 5.56 Å². The van der Waals surface area contributed by atoms with Crippen molar-refractivity contribution in [3.8, 4) is 0 Å². The van der Waals surface area contributed by atoms with Crippen LogP contribution in [0.15, 0.2) is 36.4 Å². The molecule has 3 nitrogen and oxygen atoms in total. The van der Waals surface area contributed by atoms with Crippen LogP contribution in [0.1, 0.15) is 11.3 Å². The molecule has 0 unspecified atom stereocenters. The zero-order valence-corrected chi connectivity index (χ0v) is 8.42. The summed E-state index contributed by atoms with van der Waals surface area (Å²) in [6, 6.07) is 12.1. The lowest BCUT2D eigenvalue weighted by Gasteiger charge is -1.96. The van der Waals surface area contributed by atoms with Crippen molar-refractivity contribution in [2.45, 2.75) is 6.42 Å². The number of nitrogen functional groups attached to an aromatic ring is 1. The van der Waals surface area contributed by atoms with Gasteiger partial charge in [0, 0.05) is 18.2 Å². The first kappa shape index (κ1) is 10.6. The van der Waals surface area contributed by atoms with Crippen molar-refractivity contribution in [2.75, 3.05) is 5.73 Å². The van der Waals surface area contributed by atoms with Crippen LogP contribution in [0.4, 0.5) is 5.82 Å². The quantitative estimate of drug-likeness (QED) is 0.795. The fraction of sp³-hybridized carbons (Fsp3) is 0.100. The smallest absolute Gasteiger partial charge is 0.145 e. The van der Waals surface area contributed by atoms with E-state index in [1.807, 2.05) is 24.3 Å². The van der Waals surface area contributed by atoms with Gasteiger partial charge >= 0.3 is 0 Å². The first-order chi connectivity index (χ1) is 6.34. The van der Waals surface area contributed by atoms with E-state index < -0.39 is 0 Å². The third-order valence-corrected chi connectivity index (χ3v) is 1.89. The highest BCUT2D eigenvalue weighted by Gasteiger charge is 1.98. The summed E-state index contributed by atoms with van der Waals surface area (Å²) in [4.78, 5) is 0. The molecule has 4 heteroatoms. The summed E-state index contributed by atoms with van der Waals surface area (Å²) in [6.07, 6.45) is 0.852. The molecule has 0 saturated heterocycles. The first-order valence-electron chi connectivity index (χ1n) is 4.18. The molecule has 0 atom stereocenters. The van der Waals surface area contributed by atoms with Crippen molar-refractivity contribution in [3.63, 3.8) is 0 Å². The average molecular weight is 210 g/mol. The number of halogens is 1. The van der Waals surface area contributed by atoms with E-state index in [0.717, 1.165) is 12.1 Å². The van der Waals surface area contributed by atoms with Gasteiger partial charge in [0.25, 0.3) is 0 Å². The Morgan fingerprint density at radius 2 is 1.93 bits per heavy atom. The van der Waals surface area contributed by atoms with Crippen molar-refractivity contribution in [1.82, 2.24) is 10.2 Å². The lowest BCUT2D eigenvalue weighted by Crippen LogP contribution is -1.87. The molecule has 2 aromatic rings. The third-order valence-electron chi connectivity index (χ3n) is 1.89. The molecule has 1 aromatic heterocycles. The highest BCUT2D eigenvalue weighted by atomic mass is 35.5. The number of H-pyrrole nitrogens is 1. The fourth-order valence-electron chi connectivity index (χ4n) is 1.29. The molecule has 14 heavy (non-hydrogen) atoms. The Balaban J connectivity index is 0.000000980. The van der Waals surface area contributed by atoms with E-state index >= 15 is 0 Å². The molecule has 0 radical (unpaired) electrons. The highest BCUT2D eigenvalue weighted by molar-refractivity contribution is 5.85. The van der Waals surface area contributed by atoms with Crippen molar-refractivity contribution >= 4 is 18.2 Å². The molecule has 0 aliphatic rings. The number of aromatic nitrogens is 2. The summed E-state index contributed by atoms with van der Waals surface area (Å²) < 4.78 is 0. The van der Waals surface area contributed by atoms with Crippen LogP contribution in [0.2, 0.25) is 0 Å². The SMILES string of the molecule is Cl.Nc1cc(Cc2ccccc2)[nH]n1. The van der Waals surface area contributed by atoms with Gasteiger partial charge < -0.3 is 5.73 Å². The predicted molar refractivity (Wildman–Crippen MR) is 59.5 cm³/mol. The van der Waals surface area contributed by atoms with Gasteiger partial charge in [-0.25, -0.2) is 0 Å². The number of nitrogens with zero attached hydrogens (tertiary/aromatic N) is 1. The Morgan fingerprint density at radius 1 is 1.21 bits per heavy atom. The Hall–Kier alpha value is -1.48. The molecule has 74 valence electrons. The molecule has 0 aliphatic carbocycles. The number of nitrogens with two attached hydrogens (primary N) is 1. The molecular weight excluding hydrogens is 198 g/mol. The highest BCUT2D eigenvalue weighted by Crippen LogP contribution is 2.08. The van der Waals surface area contributed by atoms with Crippen LogP contribution >= 0.6 is 12.4 Å². The zero-order valence-electron chi connectivity index (χ0n) is 7.60. The Bertz CT molecular complexity index is 383. The van der Waals surface area contributed by atoms with Crippen molar-refractivity contribution in [1.29, 1.82) is 0 Å². The van der Waals surface area contributed by atoms with Crippen LogP contribution < -0.4 is 5.73 Å². The van der Waals surface area contributed by atoms with Gasteiger partial charge in [-0.1, -0.05) is 30.3 Å². The summed E-state index contributed by atoms with van der Waals surface area (Å²) in [6.45, 7) is 0. The van der Waals surface area contributed by atoms with E-state index in [-0.39, 0.29) is 12.4 Å². The maximum atomic E-state index is 5.49. The number of benzene rings is 1. The van der Waals surface area contributed by atoms with Crippen LogP contribution in [0.5, 0.6) is 0 Å². The monoisotopic (exact) mass is 209 g/mol. The normalized spacial score (nSPS) is 9.43. The van der Waals surface area contributed by atoms with Gasteiger partial charge in [0.1, 0.15) is 5.82 Å². The minimum atomic E-state index is 0. The van der Waals surface area contributed by atoms with E-state index in [9.17, 15) is 0 Å².